The van der Waals surface area contributed by atoms with E-state index in [4.69, 9.17) is 13.9 Å². The second-order valence-electron chi connectivity index (χ2n) is 3.98. The fourth-order valence-electron chi connectivity index (χ4n) is 1.70. The molecule has 0 aliphatic carbocycles. The van der Waals surface area contributed by atoms with E-state index in [2.05, 4.69) is 5.32 Å². The first-order valence-electron chi connectivity index (χ1n) is 6.48. The second kappa shape index (κ2) is 7.48. The van der Waals surface area contributed by atoms with Gasteiger partial charge >= 0.3 is 0 Å². The normalized spacial score (nSPS) is 10.4. The maximum absolute atomic E-state index is 5.69. The number of hydrogen-bond acceptors (Lipinski definition) is 4. The molecule has 4 nitrogen and oxygen atoms in total. The Labute approximate surface area is 113 Å². The topological polar surface area (TPSA) is 43.6 Å². The zero-order valence-corrected chi connectivity index (χ0v) is 11.1. The van der Waals surface area contributed by atoms with Crippen molar-refractivity contribution in [1.29, 1.82) is 0 Å². The molecule has 4 heteroatoms. The Kier molecular flexibility index (Phi) is 5.31. The van der Waals surface area contributed by atoms with E-state index in [0.29, 0.717) is 19.8 Å². The van der Waals surface area contributed by atoms with Crippen molar-refractivity contribution < 1.29 is 13.9 Å². The summed E-state index contributed by atoms with van der Waals surface area (Å²) in [4.78, 5) is 0. The largest absolute Gasteiger partial charge is 0.490 e. The van der Waals surface area contributed by atoms with Crippen molar-refractivity contribution in [3.63, 3.8) is 0 Å². The molecule has 0 aliphatic rings. The summed E-state index contributed by atoms with van der Waals surface area (Å²) < 4.78 is 16.4. The Morgan fingerprint density at radius 1 is 1.05 bits per heavy atom. The zero-order valence-electron chi connectivity index (χ0n) is 11.1. The molecule has 0 fully saturated rings. The van der Waals surface area contributed by atoms with Gasteiger partial charge in [-0.1, -0.05) is 12.1 Å². The Bertz CT molecular complexity index is 468. The first kappa shape index (κ1) is 13.5. The van der Waals surface area contributed by atoms with Crippen molar-refractivity contribution in [2.45, 2.75) is 13.5 Å². The van der Waals surface area contributed by atoms with Crippen molar-refractivity contribution in [3.05, 3.63) is 48.4 Å². The van der Waals surface area contributed by atoms with Gasteiger partial charge in [0.1, 0.15) is 12.4 Å². The van der Waals surface area contributed by atoms with Gasteiger partial charge in [0, 0.05) is 6.54 Å². The number of benzene rings is 1. The Morgan fingerprint density at radius 2 is 1.84 bits per heavy atom. The minimum Gasteiger partial charge on any atom is -0.490 e. The van der Waals surface area contributed by atoms with Gasteiger partial charge in [0.2, 0.25) is 0 Å². The van der Waals surface area contributed by atoms with Crippen LogP contribution in [0.5, 0.6) is 11.5 Å². The Morgan fingerprint density at radius 3 is 2.53 bits per heavy atom. The molecule has 1 aromatic carbocycles. The van der Waals surface area contributed by atoms with Crippen molar-refractivity contribution in [2.75, 3.05) is 19.8 Å². The van der Waals surface area contributed by atoms with E-state index in [0.717, 1.165) is 23.8 Å². The first-order chi connectivity index (χ1) is 9.40. The molecule has 0 amide bonds. The van der Waals surface area contributed by atoms with Crippen molar-refractivity contribution in [2.24, 2.45) is 0 Å². The molecule has 1 N–H and O–H groups in total. The molecule has 0 unspecified atom stereocenters. The SMILES string of the molecule is CCOc1ccccc1OCCNCc1ccco1. The van der Waals surface area contributed by atoms with Gasteiger partial charge < -0.3 is 19.2 Å². The third-order valence-electron chi connectivity index (χ3n) is 2.56. The molecule has 2 rings (SSSR count). The van der Waals surface area contributed by atoms with Gasteiger partial charge in [0.15, 0.2) is 11.5 Å². The molecule has 0 radical (unpaired) electrons. The van der Waals surface area contributed by atoms with E-state index in [1.807, 2.05) is 43.3 Å². The lowest BCUT2D eigenvalue weighted by atomic mass is 10.3. The van der Waals surface area contributed by atoms with E-state index < -0.39 is 0 Å². The minimum atomic E-state index is 0.588. The molecule has 0 aliphatic heterocycles. The number of furan rings is 1. The summed E-state index contributed by atoms with van der Waals surface area (Å²) in [5.74, 6) is 2.50. The quantitative estimate of drug-likeness (QED) is 0.742. The van der Waals surface area contributed by atoms with Crippen LogP contribution >= 0.6 is 0 Å². The lowest BCUT2D eigenvalue weighted by molar-refractivity contribution is 0.274. The number of ether oxygens (including phenoxy) is 2. The molecule has 0 spiro atoms. The van der Waals surface area contributed by atoms with Gasteiger partial charge in [-0.25, -0.2) is 0 Å². The van der Waals surface area contributed by atoms with E-state index in [1.165, 1.54) is 0 Å². The minimum absolute atomic E-state index is 0.588. The number of nitrogens with one attached hydrogen (secondary N) is 1. The Hall–Kier alpha value is -1.94. The summed E-state index contributed by atoms with van der Waals surface area (Å²) in [6, 6.07) is 11.5. The van der Waals surface area contributed by atoms with E-state index in [-0.39, 0.29) is 0 Å². The molecule has 2 aromatic rings. The third-order valence-corrected chi connectivity index (χ3v) is 2.56. The molecule has 0 atom stereocenters. The van der Waals surface area contributed by atoms with Crippen LogP contribution in [-0.4, -0.2) is 19.8 Å². The van der Waals surface area contributed by atoms with Crippen molar-refractivity contribution in [1.82, 2.24) is 5.32 Å². The third kappa shape index (κ3) is 4.34. The maximum Gasteiger partial charge on any atom is 0.161 e. The standard InChI is InChI=1S/C15H19NO3/c1-2-17-14-7-3-4-8-15(14)19-11-9-16-12-13-6-5-10-18-13/h3-8,10,16H,2,9,11-12H2,1H3. The Balaban J connectivity index is 1.70. The summed E-state index contributed by atoms with van der Waals surface area (Å²) in [6.07, 6.45) is 1.67. The van der Waals surface area contributed by atoms with Gasteiger partial charge in [-0.3, -0.25) is 0 Å². The van der Waals surface area contributed by atoms with Crippen molar-refractivity contribution >= 4 is 0 Å². The van der Waals surface area contributed by atoms with Crippen LogP contribution in [0, 0.1) is 0 Å². The van der Waals surface area contributed by atoms with Crippen LogP contribution < -0.4 is 14.8 Å². The molecular formula is C15H19NO3. The van der Waals surface area contributed by atoms with Crippen molar-refractivity contribution in [3.8, 4) is 11.5 Å². The van der Waals surface area contributed by atoms with Gasteiger partial charge in [-0.2, -0.15) is 0 Å². The van der Waals surface area contributed by atoms with Crippen LogP contribution in [0.4, 0.5) is 0 Å². The van der Waals surface area contributed by atoms with E-state index in [9.17, 15) is 0 Å². The number of para-hydroxylation sites is 2. The summed E-state index contributed by atoms with van der Waals surface area (Å²) in [5, 5.41) is 3.25. The first-order valence-corrected chi connectivity index (χ1v) is 6.48. The van der Waals surface area contributed by atoms with Crippen LogP contribution in [0.3, 0.4) is 0 Å². The molecule has 0 saturated heterocycles. The molecular weight excluding hydrogens is 242 g/mol. The predicted octanol–water partition coefficient (Wildman–Crippen LogP) is 2.85. The fourth-order valence-corrected chi connectivity index (χ4v) is 1.70. The van der Waals surface area contributed by atoms with E-state index >= 15 is 0 Å². The van der Waals surface area contributed by atoms with Gasteiger partial charge in [-0.05, 0) is 31.2 Å². The highest BCUT2D eigenvalue weighted by molar-refractivity contribution is 5.39. The number of hydrogen-bond donors (Lipinski definition) is 1. The summed E-state index contributed by atoms with van der Waals surface area (Å²) >= 11 is 0. The second-order valence-corrected chi connectivity index (χ2v) is 3.98. The summed E-state index contributed by atoms with van der Waals surface area (Å²) in [7, 11) is 0. The average Bonchev–Trinajstić information content (AvgIpc) is 2.94. The van der Waals surface area contributed by atoms with Gasteiger partial charge in [0.05, 0.1) is 19.4 Å². The highest BCUT2D eigenvalue weighted by atomic mass is 16.5. The highest BCUT2D eigenvalue weighted by Crippen LogP contribution is 2.25. The average molecular weight is 261 g/mol. The number of rotatable bonds is 8. The molecule has 102 valence electrons. The highest BCUT2D eigenvalue weighted by Gasteiger charge is 2.02. The van der Waals surface area contributed by atoms with Gasteiger partial charge in [-0.15, -0.1) is 0 Å². The molecule has 1 heterocycles. The lowest BCUT2D eigenvalue weighted by Crippen LogP contribution is -2.20. The monoisotopic (exact) mass is 261 g/mol. The van der Waals surface area contributed by atoms with Crippen LogP contribution in [-0.2, 0) is 6.54 Å². The lowest BCUT2D eigenvalue weighted by Gasteiger charge is -2.11. The molecule has 1 aromatic heterocycles. The smallest absolute Gasteiger partial charge is 0.161 e. The summed E-state index contributed by atoms with van der Waals surface area (Å²) in [6.45, 7) is 4.65. The summed E-state index contributed by atoms with van der Waals surface area (Å²) in [5.41, 5.74) is 0. The predicted molar refractivity (Wildman–Crippen MR) is 73.5 cm³/mol. The van der Waals surface area contributed by atoms with Crippen LogP contribution in [0.2, 0.25) is 0 Å². The van der Waals surface area contributed by atoms with Gasteiger partial charge in [0.25, 0.3) is 0 Å². The molecule has 0 saturated carbocycles. The van der Waals surface area contributed by atoms with Crippen LogP contribution in [0.25, 0.3) is 0 Å². The molecule has 19 heavy (non-hydrogen) atoms. The zero-order chi connectivity index (χ0) is 13.3. The van der Waals surface area contributed by atoms with E-state index in [1.54, 1.807) is 6.26 Å². The van der Waals surface area contributed by atoms with Crippen LogP contribution in [0.1, 0.15) is 12.7 Å². The maximum atomic E-state index is 5.69. The van der Waals surface area contributed by atoms with Crippen LogP contribution in [0.15, 0.2) is 47.1 Å². The fraction of sp³-hybridized carbons (Fsp3) is 0.333. The molecule has 0 bridgehead atoms.